The third-order valence-electron chi connectivity index (χ3n) is 1.54. The van der Waals surface area contributed by atoms with Crippen LogP contribution in [0.15, 0.2) is 10.8 Å². The first-order valence-electron chi connectivity index (χ1n) is 3.37. The second kappa shape index (κ2) is 4.18. The van der Waals surface area contributed by atoms with E-state index in [0.29, 0.717) is 0 Å². The normalized spacial score (nSPS) is 10.6. The Morgan fingerprint density at radius 3 is 2.64 bits per heavy atom. The van der Waals surface area contributed by atoms with Crippen molar-refractivity contribution < 1.29 is 13.6 Å². The summed E-state index contributed by atoms with van der Waals surface area (Å²) in [6, 6.07) is 0. The van der Waals surface area contributed by atoms with Crippen LogP contribution in [0.5, 0.6) is 0 Å². The second-order valence-corrected chi connectivity index (χ2v) is 3.46. The molecule has 2 N–H and O–H groups in total. The number of halogens is 4. The summed E-state index contributed by atoms with van der Waals surface area (Å²) in [6.45, 7) is 0. The molecule has 0 atom stereocenters. The molecule has 0 aliphatic heterocycles. The van der Waals surface area contributed by atoms with E-state index in [0.717, 1.165) is 6.20 Å². The zero-order valence-corrected chi connectivity index (χ0v) is 8.94. The maximum absolute atomic E-state index is 12.5. The molecule has 0 aromatic carbocycles. The van der Waals surface area contributed by atoms with E-state index in [4.69, 9.17) is 17.3 Å². The standard InChI is InChI=1S/C7H4BrClF2N2O/c8-5-4(12)3(7(10)11)2(1-13-5)6(9)14/h1,7H,12H2. The molecule has 0 aliphatic rings. The molecule has 0 bridgehead atoms. The Hall–Kier alpha value is -0.750. The number of alkyl halides is 2. The quantitative estimate of drug-likeness (QED) is 0.671. The number of pyridine rings is 1. The first-order valence-corrected chi connectivity index (χ1v) is 4.54. The highest BCUT2D eigenvalue weighted by Crippen LogP contribution is 2.32. The molecular weight excluding hydrogens is 281 g/mol. The van der Waals surface area contributed by atoms with Crippen LogP contribution >= 0.6 is 27.5 Å². The lowest BCUT2D eigenvalue weighted by atomic mass is 10.1. The molecule has 0 radical (unpaired) electrons. The number of hydrogen-bond acceptors (Lipinski definition) is 3. The van der Waals surface area contributed by atoms with Gasteiger partial charge in [-0.3, -0.25) is 4.79 Å². The molecule has 7 heteroatoms. The molecule has 3 nitrogen and oxygen atoms in total. The highest BCUT2D eigenvalue weighted by Gasteiger charge is 2.22. The van der Waals surface area contributed by atoms with Crippen molar-refractivity contribution in [2.75, 3.05) is 5.73 Å². The highest BCUT2D eigenvalue weighted by molar-refractivity contribution is 9.10. The number of hydrogen-bond donors (Lipinski definition) is 1. The third kappa shape index (κ3) is 2.01. The lowest BCUT2D eigenvalue weighted by Crippen LogP contribution is -2.05. The van der Waals surface area contributed by atoms with Gasteiger partial charge in [0.15, 0.2) is 0 Å². The van der Waals surface area contributed by atoms with Gasteiger partial charge in [0.25, 0.3) is 11.7 Å². The van der Waals surface area contributed by atoms with Crippen molar-refractivity contribution in [3.05, 3.63) is 21.9 Å². The van der Waals surface area contributed by atoms with Crippen LogP contribution in [-0.4, -0.2) is 10.2 Å². The zero-order valence-electron chi connectivity index (χ0n) is 6.60. The minimum Gasteiger partial charge on any atom is -0.396 e. The molecule has 0 amide bonds. The van der Waals surface area contributed by atoms with Crippen molar-refractivity contribution in [2.45, 2.75) is 6.43 Å². The van der Waals surface area contributed by atoms with Crippen LogP contribution in [0, 0.1) is 0 Å². The molecule has 0 unspecified atom stereocenters. The topological polar surface area (TPSA) is 56.0 Å². The Balaban J connectivity index is 3.45. The van der Waals surface area contributed by atoms with Crippen molar-refractivity contribution in [3.63, 3.8) is 0 Å². The van der Waals surface area contributed by atoms with Crippen molar-refractivity contribution in [3.8, 4) is 0 Å². The lowest BCUT2D eigenvalue weighted by molar-refractivity contribution is 0.106. The fourth-order valence-corrected chi connectivity index (χ4v) is 1.37. The smallest absolute Gasteiger partial charge is 0.266 e. The number of carbonyl (C=O) groups excluding carboxylic acids is 1. The number of nitrogen functional groups attached to an aromatic ring is 1. The average Bonchev–Trinajstić information content (AvgIpc) is 2.08. The van der Waals surface area contributed by atoms with Crippen LogP contribution in [-0.2, 0) is 0 Å². The van der Waals surface area contributed by atoms with Gasteiger partial charge in [-0.1, -0.05) is 0 Å². The predicted molar refractivity (Wildman–Crippen MR) is 51.5 cm³/mol. The van der Waals surface area contributed by atoms with Gasteiger partial charge in [0, 0.05) is 6.20 Å². The summed E-state index contributed by atoms with van der Waals surface area (Å²) in [6.07, 6.45) is -1.91. The van der Waals surface area contributed by atoms with E-state index < -0.39 is 17.2 Å². The van der Waals surface area contributed by atoms with E-state index in [1.807, 2.05) is 0 Å². The average molecular weight is 285 g/mol. The maximum atomic E-state index is 12.5. The Morgan fingerprint density at radius 2 is 2.21 bits per heavy atom. The number of rotatable bonds is 2. The molecule has 0 aliphatic carbocycles. The van der Waals surface area contributed by atoms with E-state index >= 15 is 0 Å². The SMILES string of the molecule is Nc1c(Br)ncc(C(=O)Cl)c1C(F)F. The molecule has 1 aromatic heterocycles. The fraction of sp³-hybridized carbons (Fsp3) is 0.143. The zero-order chi connectivity index (χ0) is 10.9. The van der Waals surface area contributed by atoms with Crippen LogP contribution in [0.1, 0.15) is 22.3 Å². The van der Waals surface area contributed by atoms with Gasteiger partial charge < -0.3 is 5.73 Å². The van der Waals surface area contributed by atoms with Crippen LogP contribution in [0.4, 0.5) is 14.5 Å². The summed E-state index contributed by atoms with van der Waals surface area (Å²) in [5.41, 5.74) is 4.09. The fourth-order valence-electron chi connectivity index (χ4n) is 0.908. The van der Waals surface area contributed by atoms with Crippen LogP contribution in [0.25, 0.3) is 0 Å². The van der Waals surface area contributed by atoms with E-state index in [2.05, 4.69) is 20.9 Å². The van der Waals surface area contributed by atoms with E-state index in [9.17, 15) is 13.6 Å². The molecule has 0 saturated heterocycles. The van der Waals surface area contributed by atoms with E-state index in [-0.39, 0.29) is 15.9 Å². The van der Waals surface area contributed by atoms with Crippen LogP contribution in [0.2, 0.25) is 0 Å². The molecule has 1 heterocycles. The molecule has 1 rings (SSSR count). The summed E-state index contributed by atoms with van der Waals surface area (Å²) in [4.78, 5) is 14.4. The summed E-state index contributed by atoms with van der Waals surface area (Å²) >= 11 is 7.97. The van der Waals surface area contributed by atoms with Gasteiger partial charge in [-0.2, -0.15) is 0 Å². The monoisotopic (exact) mass is 284 g/mol. The Morgan fingerprint density at radius 1 is 1.64 bits per heavy atom. The van der Waals surface area contributed by atoms with Gasteiger partial charge in [0.05, 0.1) is 16.8 Å². The highest BCUT2D eigenvalue weighted by atomic mass is 79.9. The predicted octanol–water partition coefficient (Wildman–Crippen LogP) is 2.74. The van der Waals surface area contributed by atoms with Gasteiger partial charge in [0.2, 0.25) is 0 Å². The van der Waals surface area contributed by atoms with Gasteiger partial charge in [-0.05, 0) is 27.5 Å². The van der Waals surface area contributed by atoms with Crippen molar-refractivity contribution in [2.24, 2.45) is 0 Å². The van der Waals surface area contributed by atoms with E-state index in [1.165, 1.54) is 0 Å². The lowest BCUT2D eigenvalue weighted by Gasteiger charge is -2.08. The molecular formula is C7H4BrClF2N2O. The summed E-state index contributed by atoms with van der Waals surface area (Å²) in [5, 5.41) is -1.01. The van der Waals surface area contributed by atoms with Gasteiger partial charge in [-0.15, -0.1) is 0 Å². The third-order valence-corrected chi connectivity index (χ3v) is 2.38. The van der Waals surface area contributed by atoms with Crippen molar-refractivity contribution in [1.82, 2.24) is 4.98 Å². The molecule has 1 aromatic rings. The summed E-state index contributed by atoms with van der Waals surface area (Å²) in [5.74, 6) is 0. The van der Waals surface area contributed by atoms with Crippen LogP contribution < -0.4 is 5.73 Å². The van der Waals surface area contributed by atoms with Gasteiger partial charge >= 0.3 is 0 Å². The first-order chi connectivity index (χ1) is 6.45. The molecule has 76 valence electrons. The van der Waals surface area contributed by atoms with Crippen LogP contribution in [0.3, 0.4) is 0 Å². The number of anilines is 1. The van der Waals surface area contributed by atoms with Crippen molar-refractivity contribution in [1.29, 1.82) is 0 Å². The maximum Gasteiger partial charge on any atom is 0.266 e. The number of nitrogens with zero attached hydrogens (tertiary/aromatic N) is 1. The van der Waals surface area contributed by atoms with Gasteiger partial charge in [-0.25, -0.2) is 13.8 Å². The summed E-state index contributed by atoms with van der Waals surface area (Å²) < 4.78 is 25.0. The molecule has 0 saturated carbocycles. The van der Waals surface area contributed by atoms with E-state index in [1.54, 1.807) is 0 Å². The Bertz CT molecular complexity index is 386. The minimum absolute atomic E-state index is 0.0643. The molecule has 0 fully saturated rings. The molecule has 0 spiro atoms. The Kier molecular flexibility index (Phi) is 3.38. The second-order valence-electron chi connectivity index (χ2n) is 2.36. The largest absolute Gasteiger partial charge is 0.396 e. The van der Waals surface area contributed by atoms with Gasteiger partial charge in [0.1, 0.15) is 4.60 Å². The minimum atomic E-state index is -2.87. The number of aromatic nitrogens is 1. The van der Waals surface area contributed by atoms with Crippen molar-refractivity contribution >= 4 is 38.5 Å². The summed E-state index contributed by atoms with van der Waals surface area (Å²) in [7, 11) is 0. The number of carbonyl (C=O) groups is 1. The molecule has 14 heavy (non-hydrogen) atoms. The Labute approximate surface area is 91.4 Å². The number of nitrogens with two attached hydrogens (primary N) is 1. The first kappa shape index (κ1) is 11.3.